The third-order valence-corrected chi connectivity index (χ3v) is 2.67. The summed E-state index contributed by atoms with van der Waals surface area (Å²) < 4.78 is 0. The molecule has 1 fully saturated rings. The van der Waals surface area contributed by atoms with Crippen LogP contribution in [0.25, 0.3) is 0 Å². The van der Waals surface area contributed by atoms with E-state index in [4.69, 9.17) is 5.73 Å². The molecule has 2 heterocycles. The van der Waals surface area contributed by atoms with Crippen molar-refractivity contribution in [2.75, 3.05) is 37.8 Å². The number of hydrogen-bond donors (Lipinski definition) is 1. The van der Waals surface area contributed by atoms with Gasteiger partial charge in [-0.05, 0) is 26.2 Å². The Morgan fingerprint density at radius 3 is 2.71 bits per heavy atom. The van der Waals surface area contributed by atoms with E-state index in [0.29, 0.717) is 11.9 Å². The lowest BCUT2D eigenvalue weighted by Crippen LogP contribution is -2.57. The van der Waals surface area contributed by atoms with Crippen LogP contribution in [0.2, 0.25) is 0 Å². The van der Waals surface area contributed by atoms with Gasteiger partial charge in [0, 0.05) is 19.1 Å². The molecule has 0 saturated carbocycles. The van der Waals surface area contributed by atoms with Crippen molar-refractivity contribution in [3.8, 4) is 0 Å². The Kier molecular flexibility index (Phi) is 2.29. The van der Waals surface area contributed by atoms with Gasteiger partial charge in [0.2, 0.25) is 0 Å². The van der Waals surface area contributed by atoms with Crippen molar-refractivity contribution in [1.29, 1.82) is 0 Å². The van der Waals surface area contributed by atoms with Crippen LogP contribution in [0.15, 0.2) is 18.2 Å². The van der Waals surface area contributed by atoms with Gasteiger partial charge < -0.3 is 15.5 Å². The van der Waals surface area contributed by atoms with Crippen molar-refractivity contribution < 1.29 is 0 Å². The average molecular weight is 192 g/mol. The first-order valence-electron chi connectivity index (χ1n) is 4.81. The zero-order chi connectivity index (χ0) is 10.1. The normalized spacial score (nSPS) is 17.2. The molecule has 0 aliphatic carbocycles. The minimum absolute atomic E-state index is 0.593. The highest BCUT2D eigenvalue weighted by atomic mass is 15.3. The van der Waals surface area contributed by atoms with Crippen molar-refractivity contribution in [2.24, 2.45) is 0 Å². The number of hydrogen-bond acceptors (Lipinski definition) is 4. The molecule has 76 valence electrons. The molecular weight excluding hydrogens is 176 g/mol. The Bertz CT molecular complexity index is 318. The fraction of sp³-hybridized carbons (Fsp3) is 0.500. The lowest BCUT2D eigenvalue weighted by atomic mass is 10.1. The van der Waals surface area contributed by atoms with Crippen molar-refractivity contribution in [3.05, 3.63) is 18.2 Å². The molecular formula is C10H16N4. The predicted octanol–water partition coefficient (Wildman–Crippen LogP) is 0.414. The van der Waals surface area contributed by atoms with Gasteiger partial charge >= 0.3 is 0 Å². The van der Waals surface area contributed by atoms with E-state index < -0.39 is 0 Å². The van der Waals surface area contributed by atoms with Crippen molar-refractivity contribution in [1.82, 2.24) is 9.88 Å². The van der Waals surface area contributed by atoms with Crippen LogP contribution in [0.3, 0.4) is 0 Å². The van der Waals surface area contributed by atoms with Gasteiger partial charge in [0.25, 0.3) is 0 Å². The summed E-state index contributed by atoms with van der Waals surface area (Å²) in [4.78, 5) is 8.75. The quantitative estimate of drug-likeness (QED) is 0.737. The minimum atomic E-state index is 0.593. The molecule has 0 aromatic carbocycles. The maximum Gasteiger partial charge on any atom is 0.131 e. The predicted molar refractivity (Wildman–Crippen MR) is 58.3 cm³/mol. The molecule has 0 spiro atoms. The number of aromatic nitrogens is 1. The highest BCUT2D eigenvalue weighted by Crippen LogP contribution is 2.20. The SMILES string of the molecule is CN(C)C1CN(c2cccc(N)n2)C1. The summed E-state index contributed by atoms with van der Waals surface area (Å²) in [6, 6.07) is 6.41. The molecule has 2 N–H and O–H groups in total. The molecule has 1 aliphatic rings. The molecule has 4 heteroatoms. The first kappa shape index (κ1) is 9.27. The second-order valence-electron chi connectivity index (χ2n) is 3.94. The Hall–Kier alpha value is -1.29. The van der Waals surface area contributed by atoms with E-state index in [1.807, 2.05) is 18.2 Å². The van der Waals surface area contributed by atoms with E-state index in [1.165, 1.54) is 0 Å². The molecule has 2 rings (SSSR count). The Morgan fingerprint density at radius 2 is 2.14 bits per heavy atom. The Balaban J connectivity index is 2.00. The van der Waals surface area contributed by atoms with E-state index in [9.17, 15) is 0 Å². The second-order valence-corrected chi connectivity index (χ2v) is 3.94. The fourth-order valence-electron chi connectivity index (χ4n) is 1.58. The van der Waals surface area contributed by atoms with Crippen LogP contribution in [0.4, 0.5) is 11.6 Å². The van der Waals surface area contributed by atoms with Gasteiger partial charge in [-0.2, -0.15) is 0 Å². The molecule has 0 radical (unpaired) electrons. The van der Waals surface area contributed by atoms with Crippen LogP contribution in [0.5, 0.6) is 0 Å². The molecule has 14 heavy (non-hydrogen) atoms. The molecule has 0 amide bonds. The number of nitrogen functional groups attached to an aromatic ring is 1. The summed E-state index contributed by atoms with van der Waals surface area (Å²) in [7, 11) is 4.21. The van der Waals surface area contributed by atoms with Crippen LogP contribution in [-0.2, 0) is 0 Å². The monoisotopic (exact) mass is 192 g/mol. The number of nitrogens with zero attached hydrogens (tertiary/aromatic N) is 3. The van der Waals surface area contributed by atoms with Gasteiger partial charge in [-0.3, -0.25) is 0 Å². The Labute approximate surface area is 84.3 Å². The summed E-state index contributed by atoms with van der Waals surface area (Å²) in [5.74, 6) is 1.58. The maximum atomic E-state index is 5.62. The van der Waals surface area contributed by atoms with Crippen molar-refractivity contribution in [3.63, 3.8) is 0 Å². The number of nitrogens with two attached hydrogens (primary N) is 1. The molecule has 0 atom stereocenters. The van der Waals surface area contributed by atoms with Crippen LogP contribution < -0.4 is 10.6 Å². The molecule has 1 aromatic heterocycles. The van der Waals surface area contributed by atoms with Crippen LogP contribution in [0.1, 0.15) is 0 Å². The van der Waals surface area contributed by atoms with Gasteiger partial charge in [0.1, 0.15) is 11.6 Å². The van der Waals surface area contributed by atoms with E-state index in [0.717, 1.165) is 18.9 Å². The first-order valence-corrected chi connectivity index (χ1v) is 4.81. The van der Waals surface area contributed by atoms with Gasteiger partial charge in [0.15, 0.2) is 0 Å². The van der Waals surface area contributed by atoms with Gasteiger partial charge in [0.05, 0.1) is 0 Å². The number of anilines is 2. The zero-order valence-corrected chi connectivity index (χ0v) is 8.64. The van der Waals surface area contributed by atoms with E-state index in [2.05, 4.69) is 28.9 Å². The number of rotatable bonds is 2. The van der Waals surface area contributed by atoms with Gasteiger partial charge in [-0.25, -0.2) is 4.98 Å². The third kappa shape index (κ3) is 1.65. The van der Waals surface area contributed by atoms with Gasteiger partial charge in [-0.1, -0.05) is 6.07 Å². The lowest BCUT2D eigenvalue weighted by molar-refractivity contribution is 0.246. The summed E-state index contributed by atoms with van der Waals surface area (Å²) in [5.41, 5.74) is 5.62. The van der Waals surface area contributed by atoms with Gasteiger partial charge in [-0.15, -0.1) is 0 Å². The standard InChI is InChI=1S/C10H16N4/c1-13(2)8-6-14(7-8)10-5-3-4-9(11)12-10/h3-5,8H,6-7H2,1-2H3,(H2,11,12). The Morgan fingerprint density at radius 1 is 1.43 bits per heavy atom. The fourth-order valence-corrected chi connectivity index (χ4v) is 1.58. The maximum absolute atomic E-state index is 5.62. The highest BCUT2D eigenvalue weighted by molar-refractivity contribution is 5.47. The zero-order valence-electron chi connectivity index (χ0n) is 8.64. The summed E-state index contributed by atoms with van der Waals surface area (Å²) in [6.07, 6.45) is 0. The van der Waals surface area contributed by atoms with Crippen LogP contribution in [0, 0.1) is 0 Å². The molecule has 4 nitrogen and oxygen atoms in total. The van der Waals surface area contributed by atoms with E-state index in [-0.39, 0.29) is 0 Å². The average Bonchev–Trinajstić information content (AvgIpc) is 2.00. The van der Waals surface area contributed by atoms with E-state index >= 15 is 0 Å². The van der Waals surface area contributed by atoms with Crippen molar-refractivity contribution >= 4 is 11.6 Å². The largest absolute Gasteiger partial charge is 0.384 e. The van der Waals surface area contributed by atoms with E-state index in [1.54, 1.807) is 0 Å². The topological polar surface area (TPSA) is 45.4 Å². The molecule has 1 aliphatic heterocycles. The number of pyridine rings is 1. The smallest absolute Gasteiger partial charge is 0.131 e. The summed E-state index contributed by atoms with van der Waals surface area (Å²) in [6.45, 7) is 2.09. The molecule has 0 bridgehead atoms. The van der Waals surface area contributed by atoms with Crippen LogP contribution in [-0.4, -0.2) is 43.1 Å². The number of likely N-dealkylation sites (N-methyl/N-ethyl adjacent to an activating group) is 1. The molecule has 0 unspecified atom stereocenters. The minimum Gasteiger partial charge on any atom is -0.384 e. The lowest BCUT2D eigenvalue weighted by Gasteiger charge is -2.43. The molecule has 1 aromatic rings. The summed E-state index contributed by atoms with van der Waals surface area (Å²) in [5, 5.41) is 0. The van der Waals surface area contributed by atoms with Crippen molar-refractivity contribution in [2.45, 2.75) is 6.04 Å². The second kappa shape index (κ2) is 3.46. The molecule has 1 saturated heterocycles. The summed E-state index contributed by atoms with van der Waals surface area (Å²) >= 11 is 0. The first-order chi connectivity index (χ1) is 6.66. The highest BCUT2D eigenvalue weighted by Gasteiger charge is 2.28. The van der Waals surface area contributed by atoms with Crippen LogP contribution >= 0.6 is 0 Å². The third-order valence-electron chi connectivity index (χ3n) is 2.67.